The highest BCUT2D eigenvalue weighted by molar-refractivity contribution is 9.10. The molecule has 2 rings (SSSR count). The third-order valence-electron chi connectivity index (χ3n) is 2.40. The van der Waals surface area contributed by atoms with Crippen LogP contribution in [0.2, 0.25) is 0 Å². The maximum atomic E-state index is 13.4. The molecule has 0 aliphatic rings. The molecule has 94 valence electrons. The van der Waals surface area contributed by atoms with Crippen LogP contribution in [0.1, 0.15) is 5.56 Å². The van der Waals surface area contributed by atoms with E-state index in [1.807, 2.05) is 0 Å². The third-order valence-corrected chi connectivity index (χ3v) is 3.01. The van der Waals surface area contributed by atoms with Gasteiger partial charge < -0.3 is 10.4 Å². The topological polar surface area (TPSA) is 32.3 Å². The SMILES string of the molecule is Oc1cccc(CNc2cc(Br)c(F)cc2F)c1. The number of rotatable bonds is 3. The number of hydrogen-bond acceptors (Lipinski definition) is 2. The van der Waals surface area contributed by atoms with Crippen molar-refractivity contribution < 1.29 is 13.9 Å². The molecule has 2 N–H and O–H groups in total. The minimum absolute atomic E-state index is 0.148. The first-order chi connectivity index (χ1) is 8.56. The highest BCUT2D eigenvalue weighted by Crippen LogP contribution is 2.24. The molecule has 0 aromatic heterocycles. The summed E-state index contributed by atoms with van der Waals surface area (Å²) in [6.45, 7) is 0.337. The van der Waals surface area contributed by atoms with Gasteiger partial charge in [0.1, 0.15) is 17.4 Å². The van der Waals surface area contributed by atoms with Crippen LogP contribution in [0.5, 0.6) is 5.75 Å². The molecule has 0 spiro atoms. The lowest BCUT2D eigenvalue weighted by molar-refractivity contribution is 0.474. The van der Waals surface area contributed by atoms with Crippen molar-refractivity contribution >= 4 is 21.6 Å². The van der Waals surface area contributed by atoms with Crippen LogP contribution in [0.25, 0.3) is 0 Å². The maximum Gasteiger partial charge on any atom is 0.149 e. The van der Waals surface area contributed by atoms with Gasteiger partial charge in [-0.25, -0.2) is 8.78 Å². The average molecular weight is 314 g/mol. The normalized spacial score (nSPS) is 10.4. The molecule has 18 heavy (non-hydrogen) atoms. The summed E-state index contributed by atoms with van der Waals surface area (Å²) < 4.78 is 26.7. The number of phenolic OH excluding ortho intramolecular Hbond substituents is 1. The minimum atomic E-state index is -0.657. The molecule has 0 aliphatic carbocycles. The average Bonchev–Trinajstić information content (AvgIpc) is 2.32. The van der Waals surface area contributed by atoms with Gasteiger partial charge in [-0.3, -0.25) is 0 Å². The predicted octanol–water partition coefficient (Wildman–Crippen LogP) is 4.05. The summed E-state index contributed by atoms with van der Waals surface area (Å²) in [7, 11) is 0. The molecule has 0 atom stereocenters. The first-order valence-electron chi connectivity index (χ1n) is 5.22. The number of halogens is 3. The van der Waals surface area contributed by atoms with E-state index in [1.165, 1.54) is 6.07 Å². The molecule has 2 aromatic rings. The van der Waals surface area contributed by atoms with Crippen LogP contribution in [0, 0.1) is 11.6 Å². The summed E-state index contributed by atoms with van der Waals surface area (Å²) >= 11 is 3.00. The highest BCUT2D eigenvalue weighted by atomic mass is 79.9. The van der Waals surface area contributed by atoms with Crippen molar-refractivity contribution in [3.05, 3.63) is 58.1 Å². The molecule has 0 saturated heterocycles. The monoisotopic (exact) mass is 313 g/mol. The minimum Gasteiger partial charge on any atom is -0.508 e. The van der Waals surface area contributed by atoms with Crippen LogP contribution in [0.3, 0.4) is 0 Å². The molecule has 0 aliphatic heterocycles. The number of nitrogens with one attached hydrogen (secondary N) is 1. The smallest absolute Gasteiger partial charge is 0.149 e. The number of hydrogen-bond donors (Lipinski definition) is 2. The van der Waals surface area contributed by atoms with E-state index in [4.69, 9.17) is 0 Å². The maximum absolute atomic E-state index is 13.4. The van der Waals surface area contributed by atoms with Crippen molar-refractivity contribution in [3.8, 4) is 5.75 Å². The fourth-order valence-electron chi connectivity index (χ4n) is 1.52. The van der Waals surface area contributed by atoms with Gasteiger partial charge in [0.2, 0.25) is 0 Å². The lowest BCUT2D eigenvalue weighted by Gasteiger charge is -2.09. The van der Waals surface area contributed by atoms with Crippen LogP contribution < -0.4 is 5.32 Å². The van der Waals surface area contributed by atoms with Crippen LogP contribution in [-0.4, -0.2) is 5.11 Å². The van der Waals surface area contributed by atoms with Crippen molar-refractivity contribution in [1.29, 1.82) is 0 Å². The zero-order valence-electron chi connectivity index (χ0n) is 9.25. The van der Waals surface area contributed by atoms with Gasteiger partial charge in [0, 0.05) is 12.6 Å². The Kier molecular flexibility index (Phi) is 3.81. The molecule has 0 amide bonds. The summed E-state index contributed by atoms with van der Waals surface area (Å²) in [6.07, 6.45) is 0. The molecule has 0 bridgehead atoms. The van der Waals surface area contributed by atoms with Gasteiger partial charge in [0.05, 0.1) is 10.2 Å². The number of phenols is 1. The van der Waals surface area contributed by atoms with Gasteiger partial charge in [0.15, 0.2) is 0 Å². The van der Waals surface area contributed by atoms with Crippen molar-refractivity contribution in [2.45, 2.75) is 6.54 Å². The van der Waals surface area contributed by atoms with Gasteiger partial charge in [-0.15, -0.1) is 0 Å². The Balaban J connectivity index is 2.13. The van der Waals surface area contributed by atoms with Crippen LogP contribution >= 0.6 is 15.9 Å². The molecule has 5 heteroatoms. The van der Waals surface area contributed by atoms with Gasteiger partial charge in [-0.2, -0.15) is 0 Å². The van der Waals surface area contributed by atoms with E-state index < -0.39 is 11.6 Å². The third kappa shape index (κ3) is 2.98. The summed E-state index contributed by atoms with van der Waals surface area (Å²) in [5.41, 5.74) is 1.00. The molecule has 2 aromatic carbocycles. The highest BCUT2D eigenvalue weighted by Gasteiger charge is 2.07. The lowest BCUT2D eigenvalue weighted by atomic mass is 10.2. The quantitative estimate of drug-likeness (QED) is 0.838. The van der Waals surface area contributed by atoms with Gasteiger partial charge in [-0.1, -0.05) is 12.1 Å². The van der Waals surface area contributed by atoms with E-state index in [0.717, 1.165) is 11.6 Å². The van der Waals surface area contributed by atoms with Gasteiger partial charge >= 0.3 is 0 Å². The molecule has 0 fully saturated rings. The second kappa shape index (κ2) is 5.35. The van der Waals surface area contributed by atoms with Gasteiger partial charge in [0.25, 0.3) is 0 Å². The molecule has 0 saturated carbocycles. The van der Waals surface area contributed by atoms with E-state index in [1.54, 1.807) is 24.3 Å². The first kappa shape index (κ1) is 12.8. The zero-order valence-corrected chi connectivity index (χ0v) is 10.8. The standard InChI is InChI=1S/C13H10BrF2NO/c14-10-5-13(12(16)6-11(10)15)17-7-8-2-1-3-9(18)4-8/h1-6,17-18H,7H2. The van der Waals surface area contributed by atoms with E-state index in [0.29, 0.717) is 6.54 Å². The Morgan fingerprint density at radius 2 is 1.89 bits per heavy atom. The van der Waals surface area contributed by atoms with Crippen molar-refractivity contribution in [2.24, 2.45) is 0 Å². The second-order valence-electron chi connectivity index (χ2n) is 3.77. The van der Waals surface area contributed by atoms with E-state index in [-0.39, 0.29) is 15.9 Å². The molecular formula is C13H10BrF2NO. The number of aromatic hydroxyl groups is 1. The fraction of sp³-hybridized carbons (Fsp3) is 0.0769. The van der Waals surface area contributed by atoms with Crippen LogP contribution in [-0.2, 0) is 6.54 Å². The molecule has 0 heterocycles. The van der Waals surface area contributed by atoms with E-state index in [2.05, 4.69) is 21.2 Å². The van der Waals surface area contributed by atoms with Crippen molar-refractivity contribution in [2.75, 3.05) is 5.32 Å². The Bertz CT molecular complexity index is 575. The number of anilines is 1. The van der Waals surface area contributed by atoms with Crippen molar-refractivity contribution in [3.63, 3.8) is 0 Å². The van der Waals surface area contributed by atoms with Crippen molar-refractivity contribution in [1.82, 2.24) is 0 Å². The molecule has 0 unspecified atom stereocenters. The van der Waals surface area contributed by atoms with E-state index in [9.17, 15) is 13.9 Å². The van der Waals surface area contributed by atoms with Crippen LogP contribution in [0.4, 0.5) is 14.5 Å². The molecular weight excluding hydrogens is 304 g/mol. The summed E-state index contributed by atoms with van der Waals surface area (Å²) in [5, 5.41) is 12.1. The Labute approximate surface area is 111 Å². The van der Waals surface area contributed by atoms with Crippen LogP contribution in [0.15, 0.2) is 40.9 Å². The molecule has 2 nitrogen and oxygen atoms in total. The zero-order chi connectivity index (χ0) is 13.1. The Morgan fingerprint density at radius 3 is 2.61 bits per heavy atom. The summed E-state index contributed by atoms with van der Waals surface area (Å²) in [4.78, 5) is 0. The largest absolute Gasteiger partial charge is 0.508 e. The number of benzene rings is 2. The molecule has 0 radical (unpaired) electrons. The van der Waals surface area contributed by atoms with E-state index >= 15 is 0 Å². The van der Waals surface area contributed by atoms with Gasteiger partial charge in [-0.05, 0) is 39.7 Å². The second-order valence-corrected chi connectivity index (χ2v) is 4.62. The first-order valence-corrected chi connectivity index (χ1v) is 6.02. The Hall–Kier alpha value is -1.62. The predicted molar refractivity (Wildman–Crippen MR) is 69.5 cm³/mol. The lowest BCUT2D eigenvalue weighted by Crippen LogP contribution is -2.02. The fourth-order valence-corrected chi connectivity index (χ4v) is 1.87. The summed E-state index contributed by atoms with van der Waals surface area (Å²) in [5.74, 6) is -1.15. The summed E-state index contributed by atoms with van der Waals surface area (Å²) in [6, 6.07) is 8.77. The Morgan fingerprint density at radius 1 is 1.11 bits per heavy atom.